The van der Waals surface area contributed by atoms with E-state index >= 15 is 0 Å². The van der Waals surface area contributed by atoms with Gasteiger partial charge in [-0.2, -0.15) is 13.5 Å². The number of aromatic nitrogens is 1. The molecule has 1 aromatic heterocycles. The number of aliphatic hydroxyl groups excluding tert-OH is 1. The zero-order valence-electron chi connectivity index (χ0n) is 16.8. The molecule has 1 heterocycles. The van der Waals surface area contributed by atoms with E-state index in [9.17, 15) is 9.50 Å². The van der Waals surface area contributed by atoms with Crippen molar-refractivity contribution in [2.24, 2.45) is 0 Å². The summed E-state index contributed by atoms with van der Waals surface area (Å²) >= 11 is 12.4. The van der Waals surface area contributed by atoms with Gasteiger partial charge in [0.1, 0.15) is 5.82 Å². The highest BCUT2D eigenvalue weighted by atomic mass is 35.5. The van der Waals surface area contributed by atoms with Crippen LogP contribution in [0.25, 0.3) is 22.0 Å². The summed E-state index contributed by atoms with van der Waals surface area (Å²) in [6, 6.07) is 19.3. The molecule has 0 saturated heterocycles. The monoisotopic (exact) mass is 476 g/mol. The quantitative estimate of drug-likeness (QED) is 0.356. The molecule has 2 atom stereocenters. The Morgan fingerprint density at radius 2 is 1.77 bits per heavy atom. The third-order valence-corrected chi connectivity index (χ3v) is 5.98. The summed E-state index contributed by atoms with van der Waals surface area (Å²) in [6.45, 7) is 0.357. The van der Waals surface area contributed by atoms with E-state index in [4.69, 9.17) is 23.2 Å². The van der Waals surface area contributed by atoms with Crippen LogP contribution in [0.1, 0.15) is 11.6 Å². The highest BCUT2D eigenvalue weighted by Gasteiger charge is 2.25. The average Bonchev–Trinajstić information content (AvgIpc) is 3.10. The Labute approximate surface area is 197 Å². The van der Waals surface area contributed by atoms with Gasteiger partial charge in [0.05, 0.1) is 22.2 Å². The summed E-state index contributed by atoms with van der Waals surface area (Å²) in [6.07, 6.45) is 1.22. The van der Waals surface area contributed by atoms with Gasteiger partial charge in [0.15, 0.2) is 0 Å². The second-order valence-electron chi connectivity index (χ2n) is 7.22. The summed E-state index contributed by atoms with van der Waals surface area (Å²) in [5.74, 6) is -0.338. The molecular formula is C24H23Cl2FN2OS. The molecule has 3 aromatic carbocycles. The normalized spacial score (nSPS) is 13.1. The van der Waals surface area contributed by atoms with Gasteiger partial charge in [-0.1, -0.05) is 59.6 Å². The van der Waals surface area contributed by atoms with Crippen LogP contribution in [0.4, 0.5) is 4.39 Å². The van der Waals surface area contributed by atoms with E-state index in [2.05, 4.69) is 5.32 Å². The third-order valence-electron chi connectivity index (χ3n) is 5.24. The molecule has 162 valence electrons. The largest absolute Gasteiger partial charge is 0.389 e. The molecule has 0 radical (unpaired) electrons. The fraction of sp³-hybridized carbons (Fsp3) is 0.167. The van der Waals surface area contributed by atoms with Crippen molar-refractivity contribution in [3.8, 4) is 11.1 Å². The lowest BCUT2D eigenvalue weighted by Crippen LogP contribution is -2.33. The molecule has 0 saturated carbocycles. The highest BCUT2D eigenvalue weighted by Crippen LogP contribution is 2.37. The number of fused-ring (bicyclic) bond motifs is 1. The number of rotatable bonds is 6. The maximum atomic E-state index is 14.0. The second kappa shape index (κ2) is 10.1. The van der Waals surface area contributed by atoms with Crippen molar-refractivity contribution in [2.75, 3.05) is 13.6 Å². The lowest BCUT2D eigenvalue weighted by Gasteiger charge is -2.26. The Balaban J connectivity index is 0.00000272. The second-order valence-corrected chi connectivity index (χ2v) is 8.04. The fourth-order valence-electron chi connectivity index (χ4n) is 3.91. The first-order valence-electron chi connectivity index (χ1n) is 9.62. The number of hydrogen-bond donors (Lipinski definition) is 2. The molecule has 0 unspecified atom stereocenters. The van der Waals surface area contributed by atoms with Crippen LogP contribution in [0.2, 0.25) is 10.0 Å². The van der Waals surface area contributed by atoms with Gasteiger partial charge in [-0.3, -0.25) is 0 Å². The zero-order chi connectivity index (χ0) is 21.3. The van der Waals surface area contributed by atoms with Crippen molar-refractivity contribution in [3.05, 3.63) is 94.4 Å². The molecule has 0 amide bonds. The Kier molecular flexibility index (Phi) is 7.68. The molecule has 0 aliphatic heterocycles. The molecule has 0 spiro atoms. The number of halogens is 3. The lowest BCUT2D eigenvalue weighted by atomic mass is 10.0. The molecule has 0 fully saturated rings. The van der Waals surface area contributed by atoms with E-state index in [1.165, 1.54) is 12.1 Å². The van der Waals surface area contributed by atoms with E-state index < -0.39 is 12.1 Å². The molecule has 0 aliphatic carbocycles. The predicted molar refractivity (Wildman–Crippen MR) is 132 cm³/mol. The van der Waals surface area contributed by atoms with Gasteiger partial charge >= 0.3 is 0 Å². The number of nitrogens with zero attached hydrogens (tertiary/aromatic N) is 1. The van der Waals surface area contributed by atoms with E-state index in [1.54, 1.807) is 19.2 Å². The first kappa shape index (κ1) is 23.6. The van der Waals surface area contributed by atoms with Crippen molar-refractivity contribution in [3.63, 3.8) is 0 Å². The number of likely N-dealkylation sites (N-methyl/N-ethyl adjacent to an activating group) is 1. The van der Waals surface area contributed by atoms with Crippen molar-refractivity contribution in [1.29, 1.82) is 0 Å². The van der Waals surface area contributed by atoms with Crippen LogP contribution < -0.4 is 5.32 Å². The topological polar surface area (TPSA) is 37.2 Å². The zero-order valence-corrected chi connectivity index (χ0v) is 19.3. The van der Waals surface area contributed by atoms with Gasteiger partial charge in [-0.15, -0.1) is 0 Å². The minimum Gasteiger partial charge on any atom is -0.389 e. The number of nitrogens with one attached hydrogen (secondary N) is 1. The summed E-state index contributed by atoms with van der Waals surface area (Å²) in [5.41, 5.74) is 3.50. The van der Waals surface area contributed by atoms with Crippen LogP contribution in [0.15, 0.2) is 72.9 Å². The van der Waals surface area contributed by atoms with Crippen molar-refractivity contribution in [1.82, 2.24) is 9.88 Å². The number of benzene rings is 3. The van der Waals surface area contributed by atoms with Crippen molar-refractivity contribution < 1.29 is 9.50 Å². The molecule has 4 aromatic rings. The van der Waals surface area contributed by atoms with Crippen molar-refractivity contribution in [2.45, 2.75) is 12.1 Å². The first-order chi connectivity index (χ1) is 14.5. The Morgan fingerprint density at radius 1 is 1.00 bits per heavy atom. The van der Waals surface area contributed by atoms with E-state index in [0.717, 1.165) is 22.0 Å². The van der Waals surface area contributed by atoms with Gasteiger partial charge in [-0.05, 0) is 48.5 Å². The standard InChI is InChI=1S/C24H21Cl2FN2O.H2S/c1-28-13-23(30)24(16-5-4-6-17(27)11-16)29-14-19(18-7-2-3-8-22(18)29)15-9-10-20(25)21(26)12-15;/h2-12,14,23-24,28,30H,13H2,1H3;1H2/t23-,24+;/m1./s1. The Hall–Kier alpha value is -2.02. The predicted octanol–water partition coefficient (Wildman–Crippen LogP) is 6.04. The van der Waals surface area contributed by atoms with Gasteiger partial charge < -0.3 is 15.0 Å². The molecule has 4 rings (SSSR count). The first-order valence-corrected chi connectivity index (χ1v) is 10.4. The van der Waals surface area contributed by atoms with Crippen LogP contribution in [0, 0.1) is 5.82 Å². The SMILES string of the molecule is CNC[C@@H](O)[C@H](c1cccc(F)c1)n1cc(-c2ccc(Cl)c(Cl)c2)c2ccccc21.S. The minimum atomic E-state index is -0.769. The van der Waals surface area contributed by atoms with Crippen LogP contribution in [-0.2, 0) is 0 Å². The molecule has 0 aliphatic rings. The van der Waals surface area contributed by atoms with Gasteiger partial charge in [-0.25, -0.2) is 4.39 Å². The molecular weight excluding hydrogens is 454 g/mol. The highest BCUT2D eigenvalue weighted by molar-refractivity contribution is 7.59. The lowest BCUT2D eigenvalue weighted by molar-refractivity contribution is 0.132. The van der Waals surface area contributed by atoms with Crippen LogP contribution in [0.3, 0.4) is 0 Å². The molecule has 2 N–H and O–H groups in total. The number of para-hydroxylation sites is 1. The van der Waals surface area contributed by atoms with Crippen LogP contribution in [-0.4, -0.2) is 29.4 Å². The Bertz CT molecular complexity index is 1200. The maximum absolute atomic E-state index is 14.0. The molecule has 31 heavy (non-hydrogen) atoms. The summed E-state index contributed by atoms with van der Waals surface area (Å²) < 4.78 is 16.0. The molecule has 0 bridgehead atoms. The van der Waals surface area contributed by atoms with Crippen LogP contribution in [0.5, 0.6) is 0 Å². The minimum absolute atomic E-state index is 0. The summed E-state index contributed by atoms with van der Waals surface area (Å²) in [4.78, 5) is 0. The summed E-state index contributed by atoms with van der Waals surface area (Å²) in [7, 11) is 1.78. The van der Waals surface area contributed by atoms with E-state index in [-0.39, 0.29) is 19.3 Å². The number of aliphatic hydroxyl groups is 1. The third kappa shape index (κ3) is 4.76. The molecule has 3 nitrogen and oxygen atoms in total. The number of hydrogen-bond acceptors (Lipinski definition) is 2. The maximum Gasteiger partial charge on any atom is 0.123 e. The van der Waals surface area contributed by atoms with Gasteiger partial charge in [0.2, 0.25) is 0 Å². The van der Waals surface area contributed by atoms with Crippen LogP contribution >= 0.6 is 36.7 Å². The fourth-order valence-corrected chi connectivity index (χ4v) is 4.21. The van der Waals surface area contributed by atoms with Gasteiger partial charge in [0, 0.05) is 29.2 Å². The smallest absolute Gasteiger partial charge is 0.123 e. The Morgan fingerprint density at radius 3 is 2.48 bits per heavy atom. The van der Waals surface area contributed by atoms with Crippen molar-refractivity contribution >= 4 is 47.6 Å². The average molecular weight is 477 g/mol. The summed E-state index contributed by atoms with van der Waals surface area (Å²) in [5, 5.41) is 16.0. The van der Waals surface area contributed by atoms with Gasteiger partial charge in [0.25, 0.3) is 0 Å². The molecule has 7 heteroatoms. The van der Waals surface area contributed by atoms with E-state index in [0.29, 0.717) is 22.2 Å². The van der Waals surface area contributed by atoms with E-state index in [1.807, 2.05) is 53.2 Å².